The third kappa shape index (κ3) is 3.20. The highest BCUT2D eigenvalue weighted by molar-refractivity contribution is 6.02. The number of carbonyl (C=O) groups is 1. The zero-order valence-corrected chi connectivity index (χ0v) is 13.5. The molecule has 3 aromatic rings. The first kappa shape index (κ1) is 15.9. The average Bonchev–Trinajstić information content (AvgIpc) is 2.57. The van der Waals surface area contributed by atoms with E-state index < -0.39 is 11.6 Å². The van der Waals surface area contributed by atoms with E-state index in [9.17, 15) is 9.59 Å². The topological polar surface area (TPSA) is 68.9 Å². The quantitative estimate of drug-likeness (QED) is 0.239. The summed E-state index contributed by atoms with van der Waals surface area (Å²) >= 11 is 0. The predicted octanol–water partition coefficient (Wildman–Crippen LogP) is 4.01. The fraction of sp³-hybridized carbons (Fsp3) is 0.211. The lowest BCUT2D eigenvalue weighted by molar-refractivity contribution is -0.143. The molecule has 0 aliphatic heterocycles. The number of rotatable bonds is 4. The van der Waals surface area contributed by atoms with Crippen LogP contribution in [-0.2, 0) is 9.63 Å². The second-order valence-corrected chi connectivity index (χ2v) is 5.57. The van der Waals surface area contributed by atoms with E-state index in [4.69, 9.17) is 9.25 Å². The van der Waals surface area contributed by atoms with Crippen LogP contribution in [0.25, 0.3) is 21.7 Å². The standard InChI is InChI=1S/C19H17NO4/c1-3-6-18(21)24-20-12(2)16-10-15-9-13-7-4-5-8-14(13)11-17(15)23-19(16)22/h4-5,7-11H,3,6H2,1-2H3/b20-12+. The molecule has 0 saturated heterocycles. The second kappa shape index (κ2) is 6.66. The van der Waals surface area contributed by atoms with E-state index in [0.717, 1.165) is 16.2 Å². The van der Waals surface area contributed by atoms with E-state index in [0.29, 0.717) is 17.7 Å². The Morgan fingerprint density at radius 1 is 1.12 bits per heavy atom. The molecule has 0 spiro atoms. The van der Waals surface area contributed by atoms with Gasteiger partial charge < -0.3 is 9.25 Å². The highest BCUT2D eigenvalue weighted by Gasteiger charge is 2.11. The maximum Gasteiger partial charge on any atom is 0.345 e. The first-order valence-corrected chi connectivity index (χ1v) is 7.80. The third-order valence-electron chi connectivity index (χ3n) is 3.73. The summed E-state index contributed by atoms with van der Waals surface area (Å²) in [5.41, 5.74) is 0.592. The number of benzene rings is 2. The number of nitrogens with zero attached hydrogens (tertiary/aromatic N) is 1. The van der Waals surface area contributed by atoms with Gasteiger partial charge in [0.15, 0.2) is 0 Å². The Bertz CT molecular complexity index is 1000. The Labute approximate surface area is 138 Å². The Morgan fingerprint density at radius 2 is 1.83 bits per heavy atom. The van der Waals surface area contributed by atoms with E-state index >= 15 is 0 Å². The van der Waals surface area contributed by atoms with Gasteiger partial charge in [-0.1, -0.05) is 36.3 Å². The molecule has 0 aliphatic rings. The summed E-state index contributed by atoms with van der Waals surface area (Å²) in [5, 5.41) is 6.59. The summed E-state index contributed by atoms with van der Waals surface area (Å²) in [6.45, 7) is 3.48. The molecule has 122 valence electrons. The molecule has 0 radical (unpaired) electrons. The van der Waals surface area contributed by atoms with Crippen LogP contribution in [0.3, 0.4) is 0 Å². The number of hydrogen-bond donors (Lipinski definition) is 0. The average molecular weight is 323 g/mol. The van der Waals surface area contributed by atoms with E-state index in [-0.39, 0.29) is 12.0 Å². The summed E-state index contributed by atoms with van der Waals surface area (Å²) in [6.07, 6.45) is 0.966. The summed E-state index contributed by atoms with van der Waals surface area (Å²) in [6, 6.07) is 13.3. The van der Waals surface area contributed by atoms with Gasteiger partial charge in [0.25, 0.3) is 0 Å². The van der Waals surface area contributed by atoms with Gasteiger partial charge in [-0.25, -0.2) is 9.59 Å². The Hall–Kier alpha value is -2.95. The van der Waals surface area contributed by atoms with Crippen LogP contribution in [-0.4, -0.2) is 11.7 Å². The van der Waals surface area contributed by atoms with Gasteiger partial charge in [0.05, 0.1) is 11.3 Å². The van der Waals surface area contributed by atoms with Gasteiger partial charge >= 0.3 is 11.6 Å². The molecule has 0 N–H and O–H groups in total. The summed E-state index contributed by atoms with van der Waals surface area (Å²) in [4.78, 5) is 28.4. The molecule has 0 atom stereocenters. The van der Waals surface area contributed by atoms with Gasteiger partial charge in [-0.15, -0.1) is 0 Å². The highest BCUT2D eigenvalue weighted by Crippen LogP contribution is 2.22. The maximum absolute atomic E-state index is 12.2. The molecule has 2 aromatic carbocycles. The third-order valence-corrected chi connectivity index (χ3v) is 3.73. The van der Waals surface area contributed by atoms with Crippen LogP contribution in [0.5, 0.6) is 0 Å². The van der Waals surface area contributed by atoms with Gasteiger partial charge in [0.2, 0.25) is 0 Å². The van der Waals surface area contributed by atoms with Crippen LogP contribution in [0, 0.1) is 0 Å². The largest absolute Gasteiger partial charge is 0.422 e. The van der Waals surface area contributed by atoms with Crippen molar-refractivity contribution in [3.8, 4) is 0 Å². The van der Waals surface area contributed by atoms with E-state index in [1.165, 1.54) is 0 Å². The van der Waals surface area contributed by atoms with E-state index in [1.54, 1.807) is 13.0 Å². The highest BCUT2D eigenvalue weighted by atomic mass is 16.7. The maximum atomic E-state index is 12.2. The smallest absolute Gasteiger partial charge is 0.345 e. The van der Waals surface area contributed by atoms with Crippen molar-refractivity contribution in [2.24, 2.45) is 5.16 Å². The normalized spacial score (nSPS) is 11.8. The van der Waals surface area contributed by atoms with Crippen LogP contribution in [0.4, 0.5) is 0 Å². The second-order valence-electron chi connectivity index (χ2n) is 5.57. The van der Waals surface area contributed by atoms with Crippen LogP contribution in [0.2, 0.25) is 0 Å². The summed E-state index contributed by atoms with van der Waals surface area (Å²) in [5.74, 6) is -0.423. The van der Waals surface area contributed by atoms with Gasteiger partial charge in [-0.05, 0) is 42.3 Å². The molecule has 0 fully saturated rings. The zero-order valence-electron chi connectivity index (χ0n) is 13.5. The van der Waals surface area contributed by atoms with Crippen molar-refractivity contribution < 1.29 is 14.0 Å². The SMILES string of the molecule is CCCC(=O)O/N=C(\C)c1cc2cc3ccccc3cc2oc1=O. The van der Waals surface area contributed by atoms with Crippen LogP contribution < -0.4 is 5.63 Å². The fourth-order valence-corrected chi connectivity index (χ4v) is 2.48. The lowest BCUT2D eigenvalue weighted by atomic mass is 10.1. The number of oxime groups is 1. The summed E-state index contributed by atoms with van der Waals surface area (Å²) < 4.78 is 5.40. The van der Waals surface area contributed by atoms with Crippen LogP contribution in [0.15, 0.2) is 56.8 Å². The molecule has 3 rings (SSSR count). The van der Waals surface area contributed by atoms with Gasteiger partial charge in [0.1, 0.15) is 5.58 Å². The molecular formula is C19H17NO4. The van der Waals surface area contributed by atoms with Crippen molar-refractivity contribution in [1.29, 1.82) is 0 Å². The number of fused-ring (bicyclic) bond motifs is 2. The fourth-order valence-electron chi connectivity index (χ4n) is 2.48. The molecule has 0 bridgehead atoms. The van der Waals surface area contributed by atoms with Crippen molar-refractivity contribution in [3.05, 3.63) is 58.4 Å². The van der Waals surface area contributed by atoms with Gasteiger partial charge in [-0.2, -0.15) is 0 Å². The van der Waals surface area contributed by atoms with Gasteiger partial charge in [-0.3, -0.25) is 0 Å². The van der Waals surface area contributed by atoms with Crippen molar-refractivity contribution in [1.82, 2.24) is 0 Å². The summed E-state index contributed by atoms with van der Waals surface area (Å²) in [7, 11) is 0. The molecule has 5 heteroatoms. The molecule has 0 unspecified atom stereocenters. The molecule has 0 aliphatic carbocycles. The minimum atomic E-state index is -0.509. The lowest BCUT2D eigenvalue weighted by Gasteiger charge is -2.04. The number of hydrogen-bond acceptors (Lipinski definition) is 5. The Balaban J connectivity index is 2.03. The monoisotopic (exact) mass is 323 g/mol. The number of carbonyl (C=O) groups excluding carboxylic acids is 1. The minimum absolute atomic E-state index is 0.280. The van der Waals surface area contributed by atoms with Crippen molar-refractivity contribution in [2.75, 3.05) is 0 Å². The van der Waals surface area contributed by atoms with Crippen LogP contribution >= 0.6 is 0 Å². The van der Waals surface area contributed by atoms with Crippen molar-refractivity contribution in [2.45, 2.75) is 26.7 Å². The first-order valence-electron chi connectivity index (χ1n) is 7.80. The molecule has 5 nitrogen and oxygen atoms in total. The molecule has 0 saturated carbocycles. The minimum Gasteiger partial charge on any atom is -0.422 e. The molecule has 0 amide bonds. The molecule has 24 heavy (non-hydrogen) atoms. The molecular weight excluding hydrogens is 306 g/mol. The van der Waals surface area contributed by atoms with Crippen molar-refractivity contribution in [3.63, 3.8) is 0 Å². The Kier molecular flexibility index (Phi) is 4.42. The lowest BCUT2D eigenvalue weighted by Crippen LogP contribution is -2.13. The zero-order chi connectivity index (χ0) is 17.1. The molecule has 1 aromatic heterocycles. The van der Waals surface area contributed by atoms with Gasteiger partial charge in [0, 0.05) is 11.8 Å². The first-order chi connectivity index (χ1) is 11.6. The van der Waals surface area contributed by atoms with Crippen molar-refractivity contribution >= 4 is 33.4 Å². The predicted molar refractivity (Wildman–Crippen MR) is 93.2 cm³/mol. The van der Waals surface area contributed by atoms with E-state index in [2.05, 4.69) is 5.16 Å². The molecule has 1 heterocycles. The van der Waals surface area contributed by atoms with E-state index in [1.807, 2.05) is 43.3 Å². The van der Waals surface area contributed by atoms with Crippen LogP contribution in [0.1, 0.15) is 32.3 Å². The Morgan fingerprint density at radius 3 is 2.54 bits per heavy atom.